The number of nitrogens with one attached hydrogen (secondary N) is 1. The second kappa shape index (κ2) is 7.75. The molecule has 0 amide bonds. The van der Waals surface area contributed by atoms with E-state index in [9.17, 15) is 4.39 Å². The molecule has 1 N–H and O–H groups in total. The van der Waals surface area contributed by atoms with Gasteiger partial charge in [0.15, 0.2) is 6.33 Å². The van der Waals surface area contributed by atoms with Gasteiger partial charge in [0.05, 0.1) is 0 Å². The van der Waals surface area contributed by atoms with Gasteiger partial charge >= 0.3 is 0 Å². The molecule has 1 atom stereocenters. The molecular weight excluding hydrogens is 257 g/mol. The van der Waals surface area contributed by atoms with E-state index in [1.807, 2.05) is 12.1 Å². The van der Waals surface area contributed by atoms with Crippen molar-refractivity contribution in [3.05, 3.63) is 47.9 Å². The van der Waals surface area contributed by atoms with Crippen molar-refractivity contribution in [1.82, 2.24) is 15.5 Å². The van der Waals surface area contributed by atoms with Gasteiger partial charge in [0, 0.05) is 19.0 Å². The van der Waals surface area contributed by atoms with Crippen LogP contribution in [0.15, 0.2) is 35.1 Å². The number of hydrogen-bond acceptors (Lipinski definition) is 4. The maximum absolute atomic E-state index is 13.0. The molecule has 1 aromatic heterocycles. The topological polar surface area (TPSA) is 51.0 Å². The van der Waals surface area contributed by atoms with Crippen LogP contribution in [0.1, 0.15) is 43.7 Å². The van der Waals surface area contributed by atoms with Gasteiger partial charge in [-0.3, -0.25) is 0 Å². The van der Waals surface area contributed by atoms with Crippen LogP contribution in [0, 0.1) is 5.82 Å². The number of unbranched alkanes of at least 4 members (excludes halogenated alkanes) is 1. The quantitative estimate of drug-likeness (QED) is 0.804. The monoisotopic (exact) mass is 277 g/mol. The molecule has 20 heavy (non-hydrogen) atoms. The second-order valence-electron chi connectivity index (χ2n) is 4.79. The lowest BCUT2D eigenvalue weighted by Crippen LogP contribution is -2.24. The lowest BCUT2D eigenvalue weighted by Gasteiger charge is -2.18. The van der Waals surface area contributed by atoms with E-state index < -0.39 is 0 Å². The van der Waals surface area contributed by atoms with Crippen LogP contribution >= 0.6 is 0 Å². The number of halogens is 1. The minimum Gasteiger partial charge on any atom is -0.340 e. The van der Waals surface area contributed by atoms with Crippen molar-refractivity contribution in [1.29, 1.82) is 0 Å². The zero-order valence-electron chi connectivity index (χ0n) is 11.7. The third kappa shape index (κ3) is 4.42. The van der Waals surface area contributed by atoms with E-state index in [2.05, 4.69) is 22.4 Å². The molecule has 108 valence electrons. The van der Waals surface area contributed by atoms with E-state index in [1.54, 1.807) is 0 Å². The fourth-order valence-corrected chi connectivity index (χ4v) is 2.15. The van der Waals surface area contributed by atoms with Gasteiger partial charge in [-0.05, 0) is 24.1 Å². The van der Waals surface area contributed by atoms with Gasteiger partial charge in [-0.2, -0.15) is 4.98 Å². The maximum atomic E-state index is 13.0. The average molecular weight is 277 g/mol. The smallest absolute Gasteiger partial charge is 0.227 e. The molecule has 0 saturated heterocycles. The summed E-state index contributed by atoms with van der Waals surface area (Å²) >= 11 is 0. The van der Waals surface area contributed by atoms with Gasteiger partial charge in [-0.15, -0.1) is 0 Å². The van der Waals surface area contributed by atoms with E-state index >= 15 is 0 Å². The van der Waals surface area contributed by atoms with E-state index in [0.29, 0.717) is 12.3 Å². The Labute approximate surface area is 118 Å². The van der Waals surface area contributed by atoms with E-state index in [-0.39, 0.29) is 11.9 Å². The normalized spacial score (nSPS) is 12.5. The Hall–Kier alpha value is -1.75. The van der Waals surface area contributed by atoms with E-state index in [0.717, 1.165) is 31.4 Å². The number of rotatable bonds is 8. The predicted molar refractivity (Wildman–Crippen MR) is 74.7 cm³/mol. The minimum absolute atomic E-state index is 0.200. The Morgan fingerprint density at radius 2 is 2.10 bits per heavy atom. The molecule has 0 aliphatic rings. The highest BCUT2D eigenvalue weighted by Gasteiger charge is 2.11. The summed E-state index contributed by atoms with van der Waals surface area (Å²) in [5, 5.41) is 7.06. The van der Waals surface area contributed by atoms with Crippen LogP contribution in [-0.4, -0.2) is 16.7 Å². The van der Waals surface area contributed by atoms with Crippen molar-refractivity contribution in [2.24, 2.45) is 0 Å². The van der Waals surface area contributed by atoms with Gasteiger partial charge in [-0.1, -0.05) is 37.1 Å². The van der Waals surface area contributed by atoms with E-state index in [4.69, 9.17) is 4.52 Å². The number of nitrogens with zero attached hydrogens (tertiary/aromatic N) is 2. The fraction of sp³-hybridized carbons (Fsp3) is 0.467. The molecule has 1 aromatic carbocycles. The van der Waals surface area contributed by atoms with Crippen molar-refractivity contribution in [2.75, 3.05) is 6.54 Å². The summed E-state index contributed by atoms with van der Waals surface area (Å²) < 4.78 is 18.0. The molecule has 1 unspecified atom stereocenters. The van der Waals surface area contributed by atoms with Crippen molar-refractivity contribution in [3.8, 4) is 0 Å². The number of aromatic nitrogens is 2. The van der Waals surface area contributed by atoms with E-state index in [1.165, 1.54) is 18.5 Å². The molecule has 0 aliphatic carbocycles. The summed E-state index contributed by atoms with van der Waals surface area (Å²) in [4.78, 5) is 3.99. The Morgan fingerprint density at radius 3 is 2.75 bits per heavy atom. The van der Waals surface area contributed by atoms with Gasteiger partial charge in [0.2, 0.25) is 5.89 Å². The van der Waals surface area contributed by atoms with Crippen LogP contribution in [0.5, 0.6) is 0 Å². The molecule has 0 aliphatic heterocycles. The van der Waals surface area contributed by atoms with Crippen LogP contribution in [0.25, 0.3) is 0 Å². The highest BCUT2D eigenvalue weighted by Crippen LogP contribution is 2.19. The van der Waals surface area contributed by atoms with Gasteiger partial charge in [0.1, 0.15) is 5.82 Å². The van der Waals surface area contributed by atoms with Crippen molar-refractivity contribution >= 4 is 0 Å². The molecule has 5 heteroatoms. The first-order valence-corrected chi connectivity index (χ1v) is 7.04. The standard InChI is InChI=1S/C15H20FN3O/c1-2-3-4-14(12-5-7-13(16)8-6-12)17-10-9-15-18-11-19-20-15/h5-8,11,14,17H,2-4,9-10H2,1H3. The lowest BCUT2D eigenvalue weighted by atomic mass is 10.0. The van der Waals surface area contributed by atoms with Crippen LogP contribution in [0.4, 0.5) is 4.39 Å². The van der Waals surface area contributed by atoms with Crippen molar-refractivity contribution < 1.29 is 8.91 Å². The summed E-state index contributed by atoms with van der Waals surface area (Å²) in [6.45, 7) is 2.92. The average Bonchev–Trinajstić information content (AvgIpc) is 2.97. The predicted octanol–water partition coefficient (Wildman–Crippen LogP) is 3.27. The minimum atomic E-state index is -0.200. The van der Waals surface area contributed by atoms with Crippen LogP contribution in [-0.2, 0) is 6.42 Å². The van der Waals surface area contributed by atoms with Gasteiger partial charge in [-0.25, -0.2) is 4.39 Å². The SMILES string of the molecule is CCCCC(NCCc1ncno1)c1ccc(F)cc1. The summed E-state index contributed by atoms with van der Waals surface area (Å²) in [5.74, 6) is 0.430. The van der Waals surface area contributed by atoms with Crippen molar-refractivity contribution in [3.63, 3.8) is 0 Å². The fourth-order valence-electron chi connectivity index (χ4n) is 2.15. The third-order valence-corrected chi connectivity index (χ3v) is 3.26. The molecular formula is C15H20FN3O. The molecule has 0 spiro atoms. The zero-order valence-corrected chi connectivity index (χ0v) is 11.7. The van der Waals surface area contributed by atoms with Crippen LogP contribution in [0.3, 0.4) is 0 Å². The molecule has 0 fully saturated rings. The number of benzene rings is 1. The molecule has 0 bridgehead atoms. The summed E-state index contributed by atoms with van der Waals surface area (Å²) in [7, 11) is 0. The van der Waals surface area contributed by atoms with Crippen LogP contribution < -0.4 is 5.32 Å². The highest BCUT2D eigenvalue weighted by molar-refractivity contribution is 5.19. The molecule has 0 saturated carbocycles. The van der Waals surface area contributed by atoms with Crippen LogP contribution in [0.2, 0.25) is 0 Å². The lowest BCUT2D eigenvalue weighted by molar-refractivity contribution is 0.369. The Balaban J connectivity index is 1.90. The Kier molecular flexibility index (Phi) is 5.68. The first-order chi connectivity index (χ1) is 9.79. The summed E-state index contributed by atoms with van der Waals surface area (Å²) in [6, 6.07) is 6.94. The first kappa shape index (κ1) is 14.7. The first-order valence-electron chi connectivity index (χ1n) is 7.04. The molecule has 4 nitrogen and oxygen atoms in total. The highest BCUT2D eigenvalue weighted by atomic mass is 19.1. The van der Waals surface area contributed by atoms with Gasteiger partial charge in [0.25, 0.3) is 0 Å². The summed E-state index contributed by atoms with van der Waals surface area (Å²) in [5.41, 5.74) is 1.12. The maximum Gasteiger partial charge on any atom is 0.227 e. The second-order valence-corrected chi connectivity index (χ2v) is 4.79. The molecule has 2 aromatic rings. The molecule has 2 rings (SSSR count). The summed E-state index contributed by atoms with van der Waals surface area (Å²) in [6.07, 6.45) is 5.41. The largest absolute Gasteiger partial charge is 0.340 e. The van der Waals surface area contributed by atoms with Crippen molar-refractivity contribution in [2.45, 2.75) is 38.6 Å². The van der Waals surface area contributed by atoms with Gasteiger partial charge < -0.3 is 9.84 Å². The molecule has 0 radical (unpaired) electrons. The Bertz CT molecular complexity index is 484. The number of hydrogen-bond donors (Lipinski definition) is 1. The zero-order chi connectivity index (χ0) is 14.2. The molecule has 1 heterocycles. The third-order valence-electron chi connectivity index (χ3n) is 3.26. The Morgan fingerprint density at radius 1 is 1.30 bits per heavy atom.